The molecule has 0 aliphatic rings. The van der Waals surface area contributed by atoms with E-state index in [1.54, 1.807) is 0 Å². The largest absolute Gasteiger partial charge is 0.456 e. The normalized spacial score (nSPS) is 11.6. The van der Waals surface area contributed by atoms with Crippen molar-refractivity contribution in [2.45, 2.75) is 0 Å². The maximum absolute atomic E-state index is 6.18. The third-order valence-corrected chi connectivity index (χ3v) is 10.0. The first kappa shape index (κ1) is 28.4. The lowest BCUT2D eigenvalue weighted by Crippen LogP contribution is -2.09. The first-order valence-electron chi connectivity index (χ1n) is 17.1. The van der Waals surface area contributed by atoms with Gasteiger partial charge in [0.05, 0.1) is 0 Å². The maximum atomic E-state index is 6.18. The Morgan fingerprint density at radius 1 is 0.300 bits per heavy atom. The van der Waals surface area contributed by atoms with Gasteiger partial charge >= 0.3 is 0 Å². The van der Waals surface area contributed by atoms with Gasteiger partial charge in [-0.3, -0.25) is 0 Å². The molecule has 234 valence electrons. The second-order valence-electron chi connectivity index (χ2n) is 13.0. The molecule has 0 spiro atoms. The van der Waals surface area contributed by atoms with Gasteiger partial charge in [0, 0.05) is 27.8 Å². The fourth-order valence-corrected chi connectivity index (χ4v) is 7.55. The highest BCUT2D eigenvalue weighted by atomic mass is 16.3. The van der Waals surface area contributed by atoms with E-state index in [2.05, 4.69) is 181 Å². The van der Waals surface area contributed by atoms with Gasteiger partial charge in [0.15, 0.2) is 0 Å². The van der Waals surface area contributed by atoms with Crippen molar-refractivity contribution in [3.05, 3.63) is 188 Å². The summed E-state index contributed by atoms with van der Waals surface area (Å²) in [6.45, 7) is 0. The van der Waals surface area contributed by atoms with Crippen LogP contribution in [-0.4, -0.2) is 0 Å². The van der Waals surface area contributed by atoms with Gasteiger partial charge in [0.1, 0.15) is 11.2 Å². The number of hydrogen-bond acceptors (Lipinski definition) is 2. The highest BCUT2D eigenvalue weighted by molar-refractivity contribution is 6.20. The smallest absolute Gasteiger partial charge is 0.135 e. The van der Waals surface area contributed by atoms with Crippen LogP contribution in [0.1, 0.15) is 0 Å². The number of fused-ring (bicyclic) bond motifs is 8. The summed E-state index contributed by atoms with van der Waals surface area (Å²) in [7, 11) is 0. The SMILES string of the molecule is c1ccc(-c2ccc(N(c3ccc(-c4ccc5c(ccc6ccc7ccccc7c65)c4)cc3)c3ccc4oc5ccccc5c4c3)cc2)cc1. The van der Waals surface area contributed by atoms with E-state index < -0.39 is 0 Å². The zero-order valence-electron chi connectivity index (χ0n) is 27.3. The minimum Gasteiger partial charge on any atom is -0.456 e. The molecule has 0 aliphatic carbocycles. The Bertz CT molecular complexity index is 2850. The molecule has 2 nitrogen and oxygen atoms in total. The summed E-state index contributed by atoms with van der Waals surface area (Å²) in [6, 6.07) is 67.6. The molecule has 0 atom stereocenters. The fraction of sp³-hybridized carbons (Fsp3) is 0. The summed E-state index contributed by atoms with van der Waals surface area (Å²) in [4.78, 5) is 2.33. The van der Waals surface area contributed by atoms with Crippen molar-refractivity contribution in [3.8, 4) is 22.3 Å². The Balaban J connectivity index is 1.07. The van der Waals surface area contributed by atoms with Crippen LogP contribution in [0.5, 0.6) is 0 Å². The van der Waals surface area contributed by atoms with Gasteiger partial charge in [-0.1, -0.05) is 133 Å². The lowest BCUT2D eigenvalue weighted by atomic mass is 9.94. The van der Waals surface area contributed by atoms with Crippen molar-refractivity contribution < 1.29 is 4.42 Å². The van der Waals surface area contributed by atoms with Crippen molar-refractivity contribution in [3.63, 3.8) is 0 Å². The van der Waals surface area contributed by atoms with E-state index in [-0.39, 0.29) is 0 Å². The van der Waals surface area contributed by atoms with E-state index in [4.69, 9.17) is 4.42 Å². The minimum atomic E-state index is 0.891. The second kappa shape index (κ2) is 11.5. The van der Waals surface area contributed by atoms with E-state index in [1.807, 2.05) is 12.1 Å². The van der Waals surface area contributed by atoms with Gasteiger partial charge in [-0.25, -0.2) is 0 Å². The average Bonchev–Trinajstić information content (AvgIpc) is 3.56. The summed E-state index contributed by atoms with van der Waals surface area (Å²) in [5.41, 5.74) is 9.84. The quantitative estimate of drug-likeness (QED) is 0.175. The second-order valence-corrected chi connectivity index (χ2v) is 13.0. The third kappa shape index (κ3) is 4.73. The van der Waals surface area contributed by atoms with E-state index in [0.717, 1.165) is 39.0 Å². The number of nitrogens with zero attached hydrogens (tertiary/aromatic N) is 1. The number of anilines is 3. The molecule has 0 fully saturated rings. The van der Waals surface area contributed by atoms with Gasteiger partial charge in [-0.05, 0) is 109 Å². The number of benzene rings is 9. The molecule has 2 heteroatoms. The maximum Gasteiger partial charge on any atom is 0.135 e. The van der Waals surface area contributed by atoms with Crippen LogP contribution in [0.2, 0.25) is 0 Å². The molecular formula is C48H31NO. The number of rotatable bonds is 5. The molecule has 1 aromatic heterocycles. The number of hydrogen-bond donors (Lipinski definition) is 0. The number of furan rings is 1. The monoisotopic (exact) mass is 637 g/mol. The van der Waals surface area contributed by atoms with Crippen LogP contribution in [0.3, 0.4) is 0 Å². The van der Waals surface area contributed by atoms with Crippen LogP contribution in [0, 0.1) is 0 Å². The molecule has 0 saturated carbocycles. The number of para-hydroxylation sites is 1. The van der Waals surface area contributed by atoms with E-state index in [1.165, 1.54) is 54.6 Å². The highest BCUT2D eigenvalue weighted by Crippen LogP contribution is 2.40. The Morgan fingerprint density at radius 2 is 0.840 bits per heavy atom. The Kier molecular flexibility index (Phi) is 6.53. The highest BCUT2D eigenvalue weighted by Gasteiger charge is 2.16. The topological polar surface area (TPSA) is 16.4 Å². The van der Waals surface area contributed by atoms with Crippen LogP contribution < -0.4 is 4.90 Å². The van der Waals surface area contributed by atoms with E-state index >= 15 is 0 Å². The first-order chi connectivity index (χ1) is 24.8. The van der Waals surface area contributed by atoms with Gasteiger partial charge in [0.2, 0.25) is 0 Å². The molecule has 0 amide bonds. The van der Waals surface area contributed by atoms with Gasteiger partial charge in [-0.2, -0.15) is 0 Å². The van der Waals surface area contributed by atoms with Crippen LogP contribution in [0.25, 0.3) is 76.5 Å². The van der Waals surface area contributed by atoms with Crippen molar-refractivity contribution in [2.24, 2.45) is 0 Å². The Labute approximate surface area is 290 Å². The lowest BCUT2D eigenvalue weighted by molar-refractivity contribution is 0.669. The average molecular weight is 638 g/mol. The van der Waals surface area contributed by atoms with E-state index in [0.29, 0.717) is 0 Å². The molecule has 10 rings (SSSR count). The van der Waals surface area contributed by atoms with Crippen LogP contribution >= 0.6 is 0 Å². The van der Waals surface area contributed by atoms with Crippen molar-refractivity contribution in [1.82, 2.24) is 0 Å². The Morgan fingerprint density at radius 3 is 1.62 bits per heavy atom. The molecule has 1 heterocycles. The van der Waals surface area contributed by atoms with Gasteiger partial charge in [0.25, 0.3) is 0 Å². The zero-order chi connectivity index (χ0) is 33.0. The first-order valence-corrected chi connectivity index (χ1v) is 17.1. The summed E-state index contributed by atoms with van der Waals surface area (Å²) < 4.78 is 6.18. The molecule has 0 radical (unpaired) electrons. The summed E-state index contributed by atoms with van der Waals surface area (Å²) >= 11 is 0. The van der Waals surface area contributed by atoms with Crippen LogP contribution in [0.4, 0.5) is 17.1 Å². The molecule has 0 N–H and O–H groups in total. The minimum absolute atomic E-state index is 0.891. The summed E-state index contributed by atoms with van der Waals surface area (Å²) in [5, 5.41) is 9.92. The predicted octanol–water partition coefficient (Wildman–Crippen LogP) is 13.8. The molecule has 9 aromatic carbocycles. The predicted molar refractivity (Wildman–Crippen MR) is 212 cm³/mol. The van der Waals surface area contributed by atoms with Crippen LogP contribution in [-0.2, 0) is 0 Å². The lowest BCUT2D eigenvalue weighted by Gasteiger charge is -2.26. The van der Waals surface area contributed by atoms with E-state index in [9.17, 15) is 0 Å². The van der Waals surface area contributed by atoms with Crippen molar-refractivity contribution >= 4 is 71.3 Å². The summed E-state index contributed by atoms with van der Waals surface area (Å²) in [5.74, 6) is 0. The third-order valence-electron chi connectivity index (χ3n) is 10.0. The molecule has 50 heavy (non-hydrogen) atoms. The molecule has 0 unspecified atom stereocenters. The molecular weight excluding hydrogens is 607 g/mol. The van der Waals surface area contributed by atoms with Gasteiger partial charge in [-0.15, -0.1) is 0 Å². The fourth-order valence-electron chi connectivity index (χ4n) is 7.55. The Hall–Kier alpha value is -6.64. The van der Waals surface area contributed by atoms with Gasteiger partial charge < -0.3 is 9.32 Å². The zero-order valence-corrected chi connectivity index (χ0v) is 27.3. The summed E-state index contributed by atoms with van der Waals surface area (Å²) in [6.07, 6.45) is 0. The standard InChI is InChI=1S/C48H31NO/c1-2-8-32(9-3-1)33-18-23-39(24-19-33)49(41-27-29-47-45(31-41)44-12-6-7-13-46(44)50-47)40-25-20-34(21-26-40)37-22-28-43-38(30-37)17-16-36-15-14-35-10-4-5-11-42(35)48(36)43/h1-31H. The van der Waals surface area contributed by atoms with Crippen LogP contribution in [0.15, 0.2) is 192 Å². The van der Waals surface area contributed by atoms with Crippen molar-refractivity contribution in [2.75, 3.05) is 4.90 Å². The molecule has 0 saturated heterocycles. The van der Waals surface area contributed by atoms with Crippen molar-refractivity contribution in [1.29, 1.82) is 0 Å². The molecule has 0 bridgehead atoms. The molecule has 0 aliphatic heterocycles. The molecule has 10 aromatic rings.